The van der Waals surface area contributed by atoms with Crippen LogP contribution in [0.4, 0.5) is 0 Å². The van der Waals surface area contributed by atoms with Crippen LogP contribution in [0.1, 0.15) is 30.9 Å². The van der Waals surface area contributed by atoms with Crippen LogP contribution in [0.15, 0.2) is 29.1 Å². The Balaban J connectivity index is 3.43. The average Bonchev–Trinajstić information content (AvgIpc) is 2.15. The molecular weight excluding hydrogens is 148 g/mol. The van der Waals surface area contributed by atoms with Crippen molar-refractivity contribution in [3.05, 3.63) is 45.6 Å². The molecule has 1 heteroatoms. The Kier molecular flexibility index (Phi) is 2.64. The zero-order chi connectivity index (χ0) is 9.14. The van der Waals surface area contributed by atoms with Gasteiger partial charge in [-0.1, -0.05) is 38.1 Å². The molecule has 0 aliphatic heterocycles. The van der Waals surface area contributed by atoms with E-state index in [9.17, 15) is 4.79 Å². The summed E-state index contributed by atoms with van der Waals surface area (Å²) in [5.41, 5.74) is 1.90. The molecule has 0 spiro atoms. The molecule has 1 rings (SSSR count). The maximum absolute atomic E-state index is 11.6. The fourth-order valence-electron chi connectivity index (χ4n) is 1.19. The van der Waals surface area contributed by atoms with Gasteiger partial charge in [-0.2, -0.15) is 0 Å². The quantitative estimate of drug-likeness (QED) is 0.620. The van der Waals surface area contributed by atoms with Crippen molar-refractivity contribution in [2.45, 2.75) is 26.7 Å². The molecule has 12 heavy (non-hydrogen) atoms. The van der Waals surface area contributed by atoms with Crippen LogP contribution in [-0.2, 0) is 0 Å². The van der Waals surface area contributed by atoms with E-state index in [0.717, 1.165) is 11.1 Å². The monoisotopic (exact) mass is 162 g/mol. The summed E-state index contributed by atoms with van der Waals surface area (Å²) in [5.74, 6) is 0.309. The molecule has 0 bridgehead atoms. The Hall–Kier alpha value is -1.11. The van der Waals surface area contributed by atoms with E-state index < -0.39 is 0 Å². The SMILES string of the molecule is Cc1ccccc(C(C)C)c1=O. The highest BCUT2D eigenvalue weighted by atomic mass is 16.1. The van der Waals surface area contributed by atoms with Gasteiger partial charge in [-0.25, -0.2) is 0 Å². The molecule has 0 saturated heterocycles. The lowest BCUT2D eigenvalue weighted by Gasteiger charge is -1.99. The van der Waals surface area contributed by atoms with Crippen molar-refractivity contribution in [3.8, 4) is 0 Å². The van der Waals surface area contributed by atoms with Crippen molar-refractivity contribution in [1.29, 1.82) is 0 Å². The molecule has 1 aromatic carbocycles. The van der Waals surface area contributed by atoms with Crippen LogP contribution in [0.25, 0.3) is 0 Å². The third-order valence-electron chi connectivity index (χ3n) is 1.98. The van der Waals surface area contributed by atoms with Gasteiger partial charge in [0.05, 0.1) is 0 Å². The zero-order valence-corrected chi connectivity index (χ0v) is 7.79. The highest BCUT2D eigenvalue weighted by molar-refractivity contribution is 5.23. The maximum Gasteiger partial charge on any atom is 0.184 e. The minimum absolute atomic E-state index is 0.176. The number of aryl methyl sites for hydroxylation is 1. The second-order valence-electron chi connectivity index (χ2n) is 3.34. The topological polar surface area (TPSA) is 17.1 Å². The van der Waals surface area contributed by atoms with Gasteiger partial charge in [-0.15, -0.1) is 0 Å². The van der Waals surface area contributed by atoms with Crippen LogP contribution in [0.5, 0.6) is 0 Å². The largest absolute Gasteiger partial charge is 0.289 e. The summed E-state index contributed by atoms with van der Waals surface area (Å²) < 4.78 is 0. The Morgan fingerprint density at radius 2 is 1.75 bits per heavy atom. The summed E-state index contributed by atoms with van der Waals surface area (Å²) in [6, 6.07) is 7.58. The van der Waals surface area contributed by atoms with Crippen LogP contribution >= 0.6 is 0 Å². The molecule has 0 aliphatic carbocycles. The summed E-state index contributed by atoms with van der Waals surface area (Å²) in [7, 11) is 0. The molecule has 0 aromatic heterocycles. The second-order valence-corrected chi connectivity index (χ2v) is 3.34. The van der Waals surface area contributed by atoms with Crippen LogP contribution in [0, 0.1) is 6.92 Å². The van der Waals surface area contributed by atoms with Gasteiger partial charge in [0.2, 0.25) is 0 Å². The molecule has 0 atom stereocenters. The molecule has 0 amide bonds. The van der Waals surface area contributed by atoms with Crippen molar-refractivity contribution < 1.29 is 0 Å². The van der Waals surface area contributed by atoms with E-state index >= 15 is 0 Å². The summed E-state index contributed by atoms with van der Waals surface area (Å²) in [6.07, 6.45) is 0. The van der Waals surface area contributed by atoms with Crippen molar-refractivity contribution in [3.63, 3.8) is 0 Å². The minimum atomic E-state index is 0.176. The Morgan fingerprint density at radius 3 is 2.33 bits per heavy atom. The van der Waals surface area contributed by atoms with E-state index in [4.69, 9.17) is 0 Å². The highest BCUT2D eigenvalue weighted by Gasteiger charge is 2.02. The van der Waals surface area contributed by atoms with Crippen molar-refractivity contribution >= 4 is 0 Å². The van der Waals surface area contributed by atoms with Gasteiger partial charge < -0.3 is 0 Å². The van der Waals surface area contributed by atoms with Crippen LogP contribution in [-0.4, -0.2) is 0 Å². The van der Waals surface area contributed by atoms with Crippen molar-refractivity contribution in [2.75, 3.05) is 0 Å². The summed E-state index contributed by atoms with van der Waals surface area (Å²) in [6.45, 7) is 5.93. The van der Waals surface area contributed by atoms with Gasteiger partial charge in [-0.05, 0) is 18.4 Å². The Morgan fingerprint density at radius 1 is 1.17 bits per heavy atom. The molecule has 0 radical (unpaired) electrons. The van der Waals surface area contributed by atoms with Gasteiger partial charge in [0.1, 0.15) is 0 Å². The summed E-state index contributed by atoms with van der Waals surface area (Å²) in [4.78, 5) is 11.6. The fourth-order valence-corrected chi connectivity index (χ4v) is 1.19. The van der Waals surface area contributed by atoms with E-state index in [2.05, 4.69) is 0 Å². The van der Waals surface area contributed by atoms with Crippen molar-refractivity contribution in [2.24, 2.45) is 0 Å². The normalized spacial score (nSPS) is 10.3. The zero-order valence-electron chi connectivity index (χ0n) is 7.79. The minimum Gasteiger partial charge on any atom is -0.289 e. The van der Waals surface area contributed by atoms with E-state index in [1.807, 2.05) is 45.0 Å². The van der Waals surface area contributed by atoms with Crippen LogP contribution in [0.3, 0.4) is 0 Å². The van der Waals surface area contributed by atoms with Gasteiger partial charge in [0.15, 0.2) is 5.43 Å². The first-order chi connectivity index (χ1) is 5.63. The lowest BCUT2D eigenvalue weighted by Crippen LogP contribution is -2.09. The molecule has 1 nitrogen and oxygen atoms in total. The van der Waals surface area contributed by atoms with Gasteiger partial charge >= 0.3 is 0 Å². The van der Waals surface area contributed by atoms with Crippen LogP contribution in [0.2, 0.25) is 0 Å². The standard InChI is InChI=1S/C11H14O/c1-8(2)10-7-5-4-6-9(3)11(10)12/h4-8H,1-3H3. The lowest BCUT2D eigenvalue weighted by molar-refractivity contribution is 0.857. The first-order valence-electron chi connectivity index (χ1n) is 4.22. The molecule has 0 unspecified atom stereocenters. The number of hydrogen-bond acceptors (Lipinski definition) is 1. The molecule has 0 heterocycles. The Bertz CT molecular complexity index is 326. The van der Waals surface area contributed by atoms with Gasteiger partial charge in [0.25, 0.3) is 0 Å². The first kappa shape index (κ1) is 8.98. The predicted octanol–water partition coefficient (Wildman–Crippen LogP) is 2.48. The third-order valence-corrected chi connectivity index (χ3v) is 1.98. The number of rotatable bonds is 1. The molecule has 0 saturated carbocycles. The average molecular weight is 162 g/mol. The van der Waals surface area contributed by atoms with E-state index in [-0.39, 0.29) is 5.43 Å². The third kappa shape index (κ3) is 1.73. The Labute approximate surface area is 73.1 Å². The van der Waals surface area contributed by atoms with Crippen molar-refractivity contribution in [1.82, 2.24) is 0 Å². The second kappa shape index (κ2) is 3.53. The molecule has 0 aliphatic rings. The van der Waals surface area contributed by atoms with E-state index in [1.165, 1.54) is 0 Å². The predicted molar refractivity (Wildman–Crippen MR) is 51.5 cm³/mol. The number of hydrogen-bond donors (Lipinski definition) is 0. The smallest absolute Gasteiger partial charge is 0.184 e. The lowest BCUT2D eigenvalue weighted by atomic mass is 10.0. The first-order valence-corrected chi connectivity index (χ1v) is 4.22. The fraction of sp³-hybridized carbons (Fsp3) is 0.364. The van der Waals surface area contributed by atoms with E-state index in [0.29, 0.717) is 5.92 Å². The van der Waals surface area contributed by atoms with Crippen LogP contribution < -0.4 is 5.43 Å². The van der Waals surface area contributed by atoms with E-state index in [1.54, 1.807) is 0 Å². The van der Waals surface area contributed by atoms with Gasteiger partial charge in [-0.3, -0.25) is 4.79 Å². The summed E-state index contributed by atoms with van der Waals surface area (Å²) in [5, 5.41) is 0. The van der Waals surface area contributed by atoms with Gasteiger partial charge in [0, 0.05) is 5.56 Å². The molecular formula is C11H14O. The highest BCUT2D eigenvalue weighted by Crippen LogP contribution is 2.08. The maximum atomic E-state index is 11.6. The summed E-state index contributed by atoms with van der Waals surface area (Å²) >= 11 is 0. The molecule has 64 valence electrons. The molecule has 1 aromatic rings. The molecule has 0 N–H and O–H groups in total. The molecule has 0 fully saturated rings.